The lowest BCUT2D eigenvalue weighted by Crippen LogP contribution is -2.05. The van der Waals surface area contributed by atoms with Crippen LogP contribution in [0.4, 0.5) is 32.2 Å². The molecule has 0 N–H and O–H groups in total. The Labute approximate surface area is 159 Å². The molecular formula is C19H10F6N2O2. The van der Waals surface area contributed by atoms with Crippen LogP contribution in [-0.2, 0) is 12.4 Å². The van der Waals surface area contributed by atoms with Crippen LogP contribution in [0.25, 0.3) is 22.3 Å². The Balaban J connectivity index is 2.17. The van der Waals surface area contributed by atoms with Crippen molar-refractivity contribution in [2.75, 3.05) is 0 Å². The maximum Gasteiger partial charge on any atom is 0.416 e. The number of nitro groups is 1. The summed E-state index contributed by atoms with van der Waals surface area (Å²) < 4.78 is 77.8. The molecule has 0 spiro atoms. The molecule has 150 valence electrons. The summed E-state index contributed by atoms with van der Waals surface area (Å²) in [5.74, 6) is -0.708. The van der Waals surface area contributed by atoms with Crippen LogP contribution in [0.1, 0.15) is 11.1 Å². The number of hydrogen-bond donors (Lipinski definition) is 0. The predicted octanol–water partition coefficient (Wildman–Crippen LogP) is 6.36. The fourth-order valence-electron chi connectivity index (χ4n) is 2.71. The molecule has 1 heterocycles. The molecular weight excluding hydrogens is 402 g/mol. The summed E-state index contributed by atoms with van der Waals surface area (Å²) in [5.41, 5.74) is -2.17. The number of rotatable bonds is 3. The van der Waals surface area contributed by atoms with Gasteiger partial charge >= 0.3 is 18.2 Å². The van der Waals surface area contributed by atoms with Crippen LogP contribution < -0.4 is 0 Å². The molecule has 3 rings (SSSR count). The summed E-state index contributed by atoms with van der Waals surface area (Å²) >= 11 is 0. The molecule has 0 aliphatic carbocycles. The molecule has 2 aromatic carbocycles. The Morgan fingerprint density at radius 1 is 0.759 bits per heavy atom. The van der Waals surface area contributed by atoms with E-state index in [1.807, 2.05) is 0 Å². The summed E-state index contributed by atoms with van der Waals surface area (Å²) in [4.78, 5) is 14.1. The maximum atomic E-state index is 13.0. The smallest absolute Gasteiger partial charge is 0.358 e. The Bertz CT molecular complexity index is 1080. The molecule has 0 fully saturated rings. The predicted molar refractivity (Wildman–Crippen MR) is 91.8 cm³/mol. The number of pyridine rings is 1. The second-order valence-corrected chi connectivity index (χ2v) is 6.01. The first-order valence-electron chi connectivity index (χ1n) is 7.96. The van der Waals surface area contributed by atoms with Gasteiger partial charge in [-0.3, -0.25) is 0 Å². The van der Waals surface area contributed by atoms with Crippen molar-refractivity contribution in [2.45, 2.75) is 12.4 Å². The van der Waals surface area contributed by atoms with Crippen molar-refractivity contribution >= 4 is 5.82 Å². The van der Waals surface area contributed by atoms with Gasteiger partial charge in [-0.1, -0.05) is 24.3 Å². The van der Waals surface area contributed by atoms with Gasteiger partial charge in [-0.15, -0.1) is 0 Å². The number of alkyl halides is 6. The standard InChI is InChI=1S/C19H10F6N2O2/c20-18(21,22)14-5-1-3-11(7-14)13-9-16(17(26-10-13)27(28)29)12-4-2-6-15(8-12)19(23,24)25/h1-10H. The zero-order valence-corrected chi connectivity index (χ0v) is 14.3. The average Bonchev–Trinajstić information content (AvgIpc) is 2.66. The summed E-state index contributed by atoms with van der Waals surface area (Å²) in [5, 5.41) is 11.3. The summed E-state index contributed by atoms with van der Waals surface area (Å²) in [6.07, 6.45) is -8.27. The molecule has 0 amide bonds. The Hall–Kier alpha value is -3.43. The average molecular weight is 412 g/mol. The highest BCUT2D eigenvalue weighted by atomic mass is 19.4. The van der Waals surface area contributed by atoms with E-state index < -0.39 is 34.2 Å². The van der Waals surface area contributed by atoms with Gasteiger partial charge in [0, 0.05) is 5.56 Å². The first-order valence-corrected chi connectivity index (χ1v) is 7.96. The second-order valence-electron chi connectivity index (χ2n) is 6.01. The number of aromatic nitrogens is 1. The van der Waals surface area contributed by atoms with Crippen molar-refractivity contribution in [1.82, 2.24) is 4.98 Å². The van der Waals surface area contributed by atoms with Crippen LogP contribution in [0, 0.1) is 10.1 Å². The SMILES string of the molecule is O=[N+]([O-])c1ncc(-c2cccc(C(F)(F)F)c2)cc1-c1cccc(C(F)(F)F)c1. The lowest BCUT2D eigenvalue weighted by atomic mass is 9.98. The van der Waals surface area contributed by atoms with Gasteiger partial charge in [0.15, 0.2) is 0 Å². The second kappa shape index (κ2) is 7.19. The van der Waals surface area contributed by atoms with Gasteiger partial charge in [-0.05, 0) is 51.4 Å². The van der Waals surface area contributed by atoms with Crippen LogP contribution in [0.3, 0.4) is 0 Å². The minimum Gasteiger partial charge on any atom is -0.358 e. The van der Waals surface area contributed by atoms with Crippen molar-refractivity contribution in [3.05, 3.63) is 82.0 Å². The maximum absolute atomic E-state index is 13.0. The molecule has 0 saturated heterocycles. The minimum atomic E-state index is -4.67. The van der Waals surface area contributed by atoms with Crippen LogP contribution in [0.5, 0.6) is 0 Å². The molecule has 29 heavy (non-hydrogen) atoms. The highest BCUT2D eigenvalue weighted by Gasteiger charge is 2.32. The Morgan fingerprint density at radius 2 is 1.28 bits per heavy atom. The molecule has 1 aromatic heterocycles. The highest BCUT2D eigenvalue weighted by molar-refractivity contribution is 5.78. The molecule has 0 unspecified atom stereocenters. The van der Waals surface area contributed by atoms with Crippen LogP contribution >= 0.6 is 0 Å². The van der Waals surface area contributed by atoms with Crippen molar-refractivity contribution in [3.8, 4) is 22.3 Å². The molecule has 4 nitrogen and oxygen atoms in total. The van der Waals surface area contributed by atoms with E-state index in [2.05, 4.69) is 4.98 Å². The molecule has 3 aromatic rings. The largest absolute Gasteiger partial charge is 0.416 e. The van der Waals surface area contributed by atoms with E-state index in [4.69, 9.17) is 0 Å². The third-order valence-electron chi connectivity index (χ3n) is 4.06. The van der Waals surface area contributed by atoms with Gasteiger partial charge in [0.2, 0.25) is 0 Å². The van der Waals surface area contributed by atoms with Crippen molar-refractivity contribution < 1.29 is 31.3 Å². The highest BCUT2D eigenvalue weighted by Crippen LogP contribution is 2.37. The first-order chi connectivity index (χ1) is 13.5. The van der Waals surface area contributed by atoms with E-state index in [1.165, 1.54) is 12.1 Å². The molecule has 0 bridgehead atoms. The quantitative estimate of drug-likeness (QED) is 0.286. The Morgan fingerprint density at radius 3 is 1.79 bits per heavy atom. The van der Waals surface area contributed by atoms with E-state index in [1.54, 1.807) is 0 Å². The number of halogens is 6. The molecule has 0 radical (unpaired) electrons. The normalized spacial score (nSPS) is 12.1. The lowest BCUT2D eigenvalue weighted by Gasteiger charge is -2.11. The van der Waals surface area contributed by atoms with Crippen LogP contribution in [0.2, 0.25) is 0 Å². The molecule has 0 aliphatic rings. The van der Waals surface area contributed by atoms with Gasteiger partial charge in [-0.25, -0.2) is 0 Å². The number of nitrogens with zero attached hydrogens (tertiary/aromatic N) is 2. The van der Waals surface area contributed by atoms with Crippen molar-refractivity contribution in [1.29, 1.82) is 0 Å². The van der Waals surface area contributed by atoms with E-state index in [0.717, 1.165) is 48.7 Å². The van der Waals surface area contributed by atoms with Crippen molar-refractivity contribution in [2.24, 2.45) is 0 Å². The number of benzene rings is 2. The first kappa shape index (κ1) is 20.3. The molecule has 0 aliphatic heterocycles. The topological polar surface area (TPSA) is 56.0 Å². The monoisotopic (exact) mass is 412 g/mol. The van der Waals surface area contributed by atoms with Gasteiger partial charge < -0.3 is 10.1 Å². The van der Waals surface area contributed by atoms with Crippen LogP contribution in [-0.4, -0.2) is 9.91 Å². The Kier molecular flexibility index (Phi) is 5.04. The van der Waals surface area contributed by atoms with E-state index in [-0.39, 0.29) is 22.3 Å². The van der Waals surface area contributed by atoms with Crippen molar-refractivity contribution in [3.63, 3.8) is 0 Å². The number of hydrogen-bond acceptors (Lipinski definition) is 3. The lowest BCUT2D eigenvalue weighted by molar-refractivity contribution is -0.388. The van der Waals surface area contributed by atoms with E-state index >= 15 is 0 Å². The van der Waals surface area contributed by atoms with Crippen LogP contribution in [0.15, 0.2) is 60.8 Å². The van der Waals surface area contributed by atoms with Gasteiger partial charge in [0.25, 0.3) is 0 Å². The third-order valence-corrected chi connectivity index (χ3v) is 4.06. The molecule has 0 saturated carbocycles. The summed E-state index contributed by atoms with van der Waals surface area (Å²) in [7, 11) is 0. The zero-order valence-electron chi connectivity index (χ0n) is 14.3. The van der Waals surface area contributed by atoms with Gasteiger partial charge in [-0.2, -0.15) is 26.3 Å². The van der Waals surface area contributed by atoms with E-state index in [0.29, 0.717) is 0 Å². The summed E-state index contributed by atoms with van der Waals surface area (Å²) in [6, 6.07) is 9.18. The minimum absolute atomic E-state index is 0.0652. The van der Waals surface area contributed by atoms with Gasteiger partial charge in [0.05, 0.1) is 16.7 Å². The fourth-order valence-corrected chi connectivity index (χ4v) is 2.71. The molecule has 0 atom stereocenters. The molecule has 10 heteroatoms. The summed E-state index contributed by atoms with van der Waals surface area (Å²) in [6.45, 7) is 0. The van der Waals surface area contributed by atoms with E-state index in [9.17, 15) is 36.5 Å². The third kappa shape index (κ3) is 4.36. The fraction of sp³-hybridized carbons (Fsp3) is 0.105. The zero-order chi connectivity index (χ0) is 21.4. The van der Waals surface area contributed by atoms with Gasteiger partial charge in [0.1, 0.15) is 6.20 Å².